The molecular weight excluding hydrogens is 370 g/mol. The molecule has 2 amide bonds. The van der Waals surface area contributed by atoms with Crippen molar-refractivity contribution in [1.29, 1.82) is 0 Å². The van der Waals surface area contributed by atoms with Gasteiger partial charge in [-0.2, -0.15) is 0 Å². The van der Waals surface area contributed by atoms with E-state index in [1.165, 1.54) is 11.0 Å². The minimum absolute atomic E-state index is 0.137. The number of benzene rings is 2. The molecule has 0 saturated carbocycles. The molecule has 1 heterocycles. The summed E-state index contributed by atoms with van der Waals surface area (Å²) in [6, 6.07) is 9.93. The molecule has 2 aromatic rings. The first kappa shape index (κ1) is 19.0. The van der Waals surface area contributed by atoms with Crippen LogP contribution >= 0.6 is 0 Å². The fourth-order valence-electron chi connectivity index (χ4n) is 2.90. The Morgan fingerprint density at radius 3 is 2.04 bits per heavy atom. The number of nitrogens with zero attached hydrogens (tertiary/aromatic N) is 3. The third kappa shape index (κ3) is 3.65. The Labute approximate surface area is 158 Å². The van der Waals surface area contributed by atoms with Gasteiger partial charge in [0.05, 0.1) is 33.6 Å². The van der Waals surface area contributed by atoms with Gasteiger partial charge in [0.25, 0.3) is 11.8 Å². The van der Waals surface area contributed by atoms with Gasteiger partial charge in [0.1, 0.15) is 5.75 Å². The van der Waals surface area contributed by atoms with E-state index in [-0.39, 0.29) is 30.7 Å². The molecule has 0 fully saturated rings. The highest BCUT2D eigenvalue weighted by Gasteiger charge is 2.34. The highest BCUT2D eigenvalue weighted by Crippen LogP contribution is 2.30. The Balaban J connectivity index is 1.51. The maximum atomic E-state index is 12.2. The molecule has 10 heteroatoms. The van der Waals surface area contributed by atoms with Crippen LogP contribution < -0.4 is 4.74 Å². The molecule has 0 bridgehead atoms. The van der Waals surface area contributed by atoms with Crippen LogP contribution in [0.3, 0.4) is 0 Å². The number of amides is 2. The molecule has 0 aromatic heterocycles. The normalized spacial score (nSPS) is 12.8. The number of ether oxygens (including phenoxy) is 1. The minimum atomic E-state index is -0.840. The summed E-state index contributed by atoms with van der Waals surface area (Å²) in [6.45, 7) is 0.411. The number of nitro groups is 2. The van der Waals surface area contributed by atoms with E-state index in [4.69, 9.17) is 4.74 Å². The number of nitro benzene ring substituents is 2. The predicted octanol–water partition coefficient (Wildman–Crippen LogP) is 2.96. The van der Waals surface area contributed by atoms with Gasteiger partial charge in [0.15, 0.2) is 0 Å². The number of imide groups is 1. The van der Waals surface area contributed by atoms with Crippen molar-refractivity contribution < 1.29 is 24.2 Å². The first-order valence-corrected chi connectivity index (χ1v) is 8.41. The topological polar surface area (TPSA) is 133 Å². The molecule has 1 aliphatic rings. The van der Waals surface area contributed by atoms with Gasteiger partial charge in [0, 0.05) is 12.6 Å². The summed E-state index contributed by atoms with van der Waals surface area (Å²) in [4.78, 5) is 45.7. The second-order valence-electron chi connectivity index (χ2n) is 6.03. The summed E-state index contributed by atoms with van der Waals surface area (Å²) in [5.74, 6) is -0.516. The molecule has 0 N–H and O–H groups in total. The maximum Gasteiger partial charge on any atom is 0.349 e. The molecule has 0 radical (unpaired) electrons. The Hall–Kier alpha value is -3.82. The SMILES string of the molecule is O=C1c2ccccc2C(=O)N1CCCCOc1ccc([N+](=O)[O-])c([N+](=O)[O-])c1. The van der Waals surface area contributed by atoms with Gasteiger partial charge in [-0.15, -0.1) is 0 Å². The predicted molar refractivity (Wildman–Crippen MR) is 96.3 cm³/mol. The molecule has 0 unspecified atom stereocenters. The zero-order valence-electron chi connectivity index (χ0n) is 14.6. The lowest BCUT2D eigenvalue weighted by atomic mass is 10.1. The number of hydrogen-bond donors (Lipinski definition) is 0. The van der Waals surface area contributed by atoms with Gasteiger partial charge in [-0.05, 0) is 31.0 Å². The fourth-order valence-corrected chi connectivity index (χ4v) is 2.90. The molecule has 2 aromatic carbocycles. The summed E-state index contributed by atoms with van der Waals surface area (Å²) in [5.41, 5.74) is -0.472. The van der Waals surface area contributed by atoms with Gasteiger partial charge < -0.3 is 4.74 Å². The summed E-state index contributed by atoms with van der Waals surface area (Å²) in [7, 11) is 0. The van der Waals surface area contributed by atoms with Crippen LogP contribution in [-0.2, 0) is 0 Å². The van der Waals surface area contributed by atoms with E-state index in [9.17, 15) is 29.8 Å². The summed E-state index contributed by atoms with van der Waals surface area (Å²) in [5, 5.41) is 21.7. The van der Waals surface area contributed by atoms with Crippen LogP contribution in [0.5, 0.6) is 5.75 Å². The second-order valence-corrected chi connectivity index (χ2v) is 6.03. The average molecular weight is 385 g/mol. The van der Waals surface area contributed by atoms with Crippen molar-refractivity contribution in [2.75, 3.05) is 13.2 Å². The second kappa shape index (κ2) is 7.82. The molecule has 3 rings (SSSR count). The molecule has 1 aliphatic heterocycles. The van der Waals surface area contributed by atoms with E-state index in [2.05, 4.69) is 0 Å². The fraction of sp³-hybridized carbons (Fsp3) is 0.222. The van der Waals surface area contributed by atoms with Crippen LogP contribution in [0.1, 0.15) is 33.6 Å². The molecule has 0 saturated heterocycles. The third-order valence-corrected chi connectivity index (χ3v) is 4.26. The van der Waals surface area contributed by atoms with Gasteiger partial charge in [-0.25, -0.2) is 0 Å². The number of carbonyl (C=O) groups excluding carboxylic acids is 2. The van der Waals surface area contributed by atoms with Crippen LogP contribution in [0.2, 0.25) is 0 Å². The summed E-state index contributed by atoms with van der Waals surface area (Å²) < 4.78 is 5.40. The average Bonchev–Trinajstić information content (AvgIpc) is 2.92. The quantitative estimate of drug-likeness (QED) is 0.295. The van der Waals surface area contributed by atoms with Crippen molar-refractivity contribution >= 4 is 23.2 Å². The van der Waals surface area contributed by atoms with Crippen LogP contribution in [0.25, 0.3) is 0 Å². The van der Waals surface area contributed by atoms with E-state index in [1.807, 2.05) is 0 Å². The van der Waals surface area contributed by atoms with Crippen molar-refractivity contribution in [3.8, 4) is 5.75 Å². The van der Waals surface area contributed by atoms with Crippen molar-refractivity contribution in [2.24, 2.45) is 0 Å². The molecule has 28 heavy (non-hydrogen) atoms. The Kier molecular flexibility index (Phi) is 5.30. The van der Waals surface area contributed by atoms with Crippen LogP contribution in [0.15, 0.2) is 42.5 Å². The zero-order valence-corrected chi connectivity index (χ0v) is 14.6. The smallest absolute Gasteiger partial charge is 0.349 e. The van der Waals surface area contributed by atoms with E-state index < -0.39 is 21.2 Å². The number of fused-ring (bicyclic) bond motifs is 1. The Morgan fingerprint density at radius 1 is 0.857 bits per heavy atom. The third-order valence-electron chi connectivity index (χ3n) is 4.26. The Morgan fingerprint density at radius 2 is 1.46 bits per heavy atom. The highest BCUT2D eigenvalue weighted by molar-refractivity contribution is 6.21. The zero-order chi connectivity index (χ0) is 20.3. The Bertz CT molecular complexity index is 938. The summed E-state index contributed by atoms with van der Waals surface area (Å²) in [6.07, 6.45) is 0.971. The molecule has 0 atom stereocenters. The van der Waals surface area contributed by atoms with E-state index >= 15 is 0 Å². The minimum Gasteiger partial charge on any atom is -0.493 e. The maximum absolute atomic E-state index is 12.2. The molecule has 144 valence electrons. The number of rotatable bonds is 8. The highest BCUT2D eigenvalue weighted by atomic mass is 16.6. The monoisotopic (exact) mass is 385 g/mol. The number of hydrogen-bond acceptors (Lipinski definition) is 7. The van der Waals surface area contributed by atoms with Crippen molar-refractivity contribution in [3.05, 3.63) is 73.8 Å². The number of carbonyl (C=O) groups is 2. The number of unbranched alkanes of at least 4 members (excludes halogenated alkanes) is 1. The van der Waals surface area contributed by atoms with Gasteiger partial charge in [-0.3, -0.25) is 34.7 Å². The molecule has 0 spiro atoms. The lowest BCUT2D eigenvalue weighted by molar-refractivity contribution is -0.422. The lowest BCUT2D eigenvalue weighted by Crippen LogP contribution is -2.30. The van der Waals surface area contributed by atoms with Crippen LogP contribution in [0, 0.1) is 20.2 Å². The van der Waals surface area contributed by atoms with Gasteiger partial charge in [0.2, 0.25) is 0 Å². The molecular formula is C18H15N3O7. The van der Waals surface area contributed by atoms with Crippen LogP contribution in [0.4, 0.5) is 11.4 Å². The van der Waals surface area contributed by atoms with Gasteiger partial charge in [-0.1, -0.05) is 12.1 Å². The van der Waals surface area contributed by atoms with E-state index in [0.717, 1.165) is 12.1 Å². The first-order chi connectivity index (χ1) is 13.4. The molecule has 0 aliphatic carbocycles. The van der Waals surface area contributed by atoms with E-state index in [1.54, 1.807) is 24.3 Å². The van der Waals surface area contributed by atoms with Crippen molar-refractivity contribution in [3.63, 3.8) is 0 Å². The largest absolute Gasteiger partial charge is 0.493 e. The molecule has 10 nitrogen and oxygen atoms in total. The van der Waals surface area contributed by atoms with Crippen molar-refractivity contribution in [1.82, 2.24) is 4.90 Å². The van der Waals surface area contributed by atoms with Gasteiger partial charge >= 0.3 is 11.4 Å². The van der Waals surface area contributed by atoms with E-state index in [0.29, 0.717) is 24.0 Å². The van der Waals surface area contributed by atoms with Crippen molar-refractivity contribution in [2.45, 2.75) is 12.8 Å². The lowest BCUT2D eigenvalue weighted by Gasteiger charge is -2.13. The first-order valence-electron chi connectivity index (χ1n) is 8.41. The van der Waals surface area contributed by atoms with Crippen LogP contribution in [-0.4, -0.2) is 39.7 Å². The standard InChI is InChI=1S/C18H15N3O7/c22-17-13-5-1-2-6-14(13)18(23)19(17)9-3-4-10-28-12-7-8-15(20(24)25)16(11-12)21(26)27/h1-2,5-8,11H,3-4,9-10H2. The summed E-state index contributed by atoms with van der Waals surface area (Å²) >= 11 is 0.